The number of fused-ring (bicyclic) bond motifs is 1. The van der Waals surface area contributed by atoms with Crippen molar-refractivity contribution in [3.8, 4) is 11.1 Å². The Bertz CT molecular complexity index is 1180. The number of nitrogens with zero attached hydrogens (tertiary/aromatic N) is 5. The summed E-state index contributed by atoms with van der Waals surface area (Å²) in [6, 6.07) is 4.28. The van der Waals surface area contributed by atoms with Gasteiger partial charge in [-0.1, -0.05) is 19.6 Å². The summed E-state index contributed by atoms with van der Waals surface area (Å²) in [7, 11) is -1.18. The van der Waals surface area contributed by atoms with Crippen LogP contribution < -0.4 is 0 Å². The molecular weight excluding hydrogens is 482 g/mol. The number of pyridine rings is 1. The summed E-state index contributed by atoms with van der Waals surface area (Å²) in [6.07, 6.45) is 9.31. The van der Waals surface area contributed by atoms with E-state index in [1.54, 1.807) is 0 Å². The molecule has 3 aromatic heterocycles. The van der Waals surface area contributed by atoms with Crippen molar-refractivity contribution in [2.24, 2.45) is 0 Å². The first-order valence-corrected chi connectivity index (χ1v) is 16.2. The molecule has 8 heteroatoms. The molecule has 0 amide bonds. The van der Waals surface area contributed by atoms with Gasteiger partial charge in [-0.25, -0.2) is 9.67 Å². The molecule has 0 aromatic carbocycles. The van der Waals surface area contributed by atoms with Gasteiger partial charge in [0.1, 0.15) is 11.3 Å². The highest BCUT2D eigenvalue weighted by molar-refractivity contribution is 9.10. The molecule has 0 unspecified atom stereocenters. The summed E-state index contributed by atoms with van der Waals surface area (Å²) >= 11 is 3.52. The molecule has 1 saturated carbocycles. The third-order valence-corrected chi connectivity index (χ3v) is 8.78. The van der Waals surface area contributed by atoms with Crippen molar-refractivity contribution in [3.63, 3.8) is 0 Å². The van der Waals surface area contributed by atoms with E-state index in [-0.39, 0.29) is 19.1 Å². The Morgan fingerprint density at radius 1 is 1.19 bits per heavy atom. The molecule has 5 rings (SSSR count). The monoisotopic (exact) mass is 517 g/mol. The quantitative estimate of drug-likeness (QED) is 0.216. The third-order valence-electron chi connectivity index (χ3n) is 6.64. The number of ether oxygens (including phenoxy) is 1. The number of hydrogen-bond donors (Lipinski definition) is 0. The summed E-state index contributed by atoms with van der Waals surface area (Å²) in [5.74, 6) is 0. The van der Waals surface area contributed by atoms with Gasteiger partial charge in [0, 0.05) is 68.7 Å². The smallest absolute Gasteiger partial charge is 0.139 e. The fourth-order valence-electron chi connectivity index (χ4n) is 4.59. The van der Waals surface area contributed by atoms with Crippen molar-refractivity contribution in [1.82, 2.24) is 24.2 Å². The van der Waals surface area contributed by atoms with Gasteiger partial charge in [-0.05, 0) is 53.7 Å². The van der Waals surface area contributed by atoms with Crippen LogP contribution in [0.5, 0.6) is 0 Å². The van der Waals surface area contributed by atoms with Gasteiger partial charge in [-0.2, -0.15) is 5.10 Å². The van der Waals surface area contributed by atoms with Crippen LogP contribution in [-0.2, 0) is 11.5 Å². The van der Waals surface area contributed by atoms with E-state index in [0.29, 0.717) is 18.2 Å². The summed E-state index contributed by atoms with van der Waals surface area (Å²) in [6.45, 7) is 10.1. The summed E-state index contributed by atoms with van der Waals surface area (Å²) in [5.41, 5.74) is 2.50. The largest absolute Gasteiger partial charge is 0.360 e. The lowest BCUT2D eigenvalue weighted by atomic mass is 10.0. The highest BCUT2D eigenvalue weighted by atomic mass is 79.9. The maximum Gasteiger partial charge on any atom is 0.139 e. The Morgan fingerprint density at radius 2 is 1.97 bits per heavy atom. The van der Waals surface area contributed by atoms with Gasteiger partial charge in [0.2, 0.25) is 0 Å². The van der Waals surface area contributed by atoms with Crippen LogP contribution in [0.1, 0.15) is 34.5 Å². The second-order valence-corrected chi connectivity index (χ2v) is 16.9. The molecule has 3 aromatic rings. The second kappa shape index (κ2) is 9.04. The maximum atomic E-state index is 8.79. The Balaban J connectivity index is 1.43. The molecule has 4 heterocycles. The summed E-state index contributed by atoms with van der Waals surface area (Å²) < 4.78 is 27.8. The van der Waals surface area contributed by atoms with Crippen LogP contribution in [0, 0.1) is 0 Å². The van der Waals surface area contributed by atoms with E-state index in [1.165, 1.54) is 17.5 Å². The van der Waals surface area contributed by atoms with Crippen LogP contribution in [0.3, 0.4) is 0 Å². The second-order valence-electron chi connectivity index (χ2n) is 10.4. The van der Waals surface area contributed by atoms with E-state index >= 15 is 0 Å². The van der Waals surface area contributed by atoms with E-state index in [4.69, 9.17) is 7.48 Å². The number of piperidine rings is 1. The predicted octanol–water partition coefficient (Wildman–Crippen LogP) is 5.77. The van der Waals surface area contributed by atoms with E-state index in [1.807, 2.05) is 12.3 Å². The average molecular weight is 519 g/mol. The van der Waals surface area contributed by atoms with Gasteiger partial charge in [0.05, 0.1) is 20.6 Å². The average Bonchev–Trinajstić information content (AvgIpc) is 3.52. The predicted molar refractivity (Wildman–Crippen MR) is 136 cm³/mol. The zero-order chi connectivity index (χ0) is 24.0. The zero-order valence-electron chi connectivity index (χ0n) is 21.3. The normalized spacial score (nSPS) is 19.5. The van der Waals surface area contributed by atoms with Crippen LogP contribution in [0.15, 0.2) is 35.4 Å². The Hall–Kier alpha value is -1.48. The Kier molecular flexibility index (Phi) is 5.64. The maximum absolute atomic E-state index is 8.79. The van der Waals surface area contributed by atoms with E-state index < -0.39 is 8.07 Å². The van der Waals surface area contributed by atoms with Crippen molar-refractivity contribution in [1.29, 1.82) is 0 Å². The molecule has 0 atom stereocenters. The molecule has 0 bridgehead atoms. The van der Waals surface area contributed by atoms with Gasteiger partial charge >= 0.3 is 0 Å². The molecule has 1 saturated heterocycles. The van der Waals surface area contributed by atoms with Crippen LogP contribution in [-0.4, -0.2) is 58.0 Å². The molecule has 1 aliphatic heterocycles. The minimum Gasteiger partial charge on any atom is -0.360 e. The minimum absolute atomic E-state index is 0.120. The lowest BCUT2D eigenvalue weighted by Gasteiger charge is -2.33. The van der Waals surface area contributed by atoms with Gasteiger partial charge in [-0.3, -0.25) is 0 Å². The summed E-state index contributed by atoms with van der Waals surface area (Å²) in [4.78, 5) is 7.13. The minimum atomic E-state index is -1.18. The van der Waals surface area contributed by atoms with Crippen molar-refractivity contribution in [2.45, 2.75) is 70.2 Å². The number of rotatable bonds is 8. The van der Waals surface area contributed by atoms with E-state index in [0.717, 1.165) is 59.1 Å². The van der Waals surface area contributed by atoms with E-state index in [9.17, 15) is 0 Å². The van der Waals surface area contributed by atoms with Crippen LogP contribution in [0.4, 0.5) is 0 Å². The SMILES string of the molecule is [2H]c1nn(COCC[Si](C)(C)C)c([2H])c1-c1cn(C2CCN(C3CC3)CC2)c2cnc(Br)cc12. The summed E-state index contributed by atoms with van der Waals surface area (Å²) in [5, 5.41) is 5.35. The van der Waals surface area contributed by atoms with E-state index in [2.05, 4.69) is 61.3 Å². The molecule has 0 radical (unpaired) electrons. The first-order valence-electron chi connectivity index (χ1n) is 12.7. The van der Waals surface area contributed by atoms with Gasteiger partial charge < -0.3 is 14.2 Å². The lowest BCUT2D eigenvalue weighted by molar-refractivity contribution is 0.0786. The third kappa shape index (κ3) is 5.03. The Labute approximate surface area is 202 Å². The molecule has 32 heavy (non-hydrogen) atoms. The van der Waals surface area contributed by atoms with Crippen molar-refractivity contribution < 1.29 is 7.48 Å². The van der Waals surface area contributed by atoms with Crippen LogP contribution in [0.2, 0.25) is 25.7 Å². The molecule has 2 aliphatic rings. The van der Waals surface area contributed by atoms with Crippen LogP contribution >= 0.6 is 15.9 Å². The molecule has 1 aliphatic carbocycles. The number of halogens is 1. The zero-order valence-corrected chi connectivity index (χ0v) is 21.9. The highest BCUT2D eigenvalue weighted by Crippen LogP contribution is 2.37. The fourth-order valence-corrected chi connectivity index (χ4v) is 5.68. The number of aromatic nitrogens is 4. The van der Waals surface area contributed by atoms with Gasteiger partial charge in [0.15, 0.2) is 0 Å². The van der Waals surface area contributed by atoms with Gasteiger partial charge in [-0.15, -0.1) is 0 Å². The highest BCUT2D eigenvalue weighted by Gasteiger charge is 2.32. The first-order chi connectivity index (χ1) is 16.2. The topological polar surface area (TPSA) is 48.1 Å². The lowest BCUT2D eigenvalue weighted by Crippen LogP contribution is -2.35. The van der Waals surface area contributed by atoms with Gasteiger partial charge in [0.25, 0.3) is 0 Å². The fraction of sp³-hybridized carbons (Fsp3) is 0.583. The molecule has 0 N–H and O–H groups in total. The first kappa shape index (κ1) is 19.9. The number of likely N-dealkylation sites (tertiary alicyclic amines) is 1. The van der Waals surface area contributed by atoms with Crippen molar-refractivity contribution >= 4 is 34.9 Å². The molecule has 2 fully saturated rings. The molecule has 6 nitrogen and oxygen atoms in total. The Morgan fingerprint density at radius 3 is 2.69 bits per heavy atom. The molecule has 0 spiro atoms. The van der Waals surface area contributed by atoms with Crippen molar-refractivity contribution in [3.05, 3.63) is 35.4 Å². The number of hydrogen-bond acceptors (Lipinski definition) is 4. The molecular formula is C24H34BrN5OSi. The standard InChI is InChI=1S/C24H34BrN5OSi/c1-32(2,3)11-10-31-17-29-15-18(13-27-29)22-16-30(23-14-26-24(25)12-21(22)23)20-6-8-28(9-7-20)19-4-5-19/h12-16,19-20H,4-11,17H2,1-3H3/i13D,15D. The molecule has 172 valence electrons. The van der Waals surface area contributed by atoms with Crippen LogP contribution in [0.25, 0.3) is 22.0 Å². The van der Waals surface area contributed by atoms with Crippen molar-refractivity contribution in [2.75, 3.05) is 19.7 Å².